The first-order valence-electron chi connectivity index (χ1n) is 9.38. The number of nitrogens with zero attached hydrogens (tertiary/aromatic N) is 1. The van der Waals surface area contributed by atoms with Crippen molar-refractivity contribution in [3.8, 4) is 11.3 Å². The highest BCUT2D eigenvalue weighted by Crippen LogP contribution is 2.28. The molecule has 0 aliphatic heterocycles. The molecule has 1 fully saturated rings. The molecule has 3 rings (SSSR count). The van der Waals surface area contributed by atoms with Crippen LogP contribution in [-0.2, 0) is 0 Å². The molecule has 0 atom stereocenters. The second kappa shape index (κ2) is 9.16. The fourth-order valence-electron chi connectivity index (χ4n) is 3.55. The Kier molecular flexibility index (Phi) is 6.41. The van der Waals surface area contributed by atoms with E-state index in [0.717, 1.165) is 36.9 Å². The molecule has 1 aliphatic rings. The zero-order chi connectivity index (χ0) is 19.1. The molecule has 0 spiro atoms. The van der Waals surface area contributed by atoms with Crippen LogP contribution in [0.2, 0.25) is 0 Å². The van der Waals surface area contributed by atoms with E-state index in [1.54, 1.807) is 12.3 Å². The minimum absolute atomic E-state index is 0.0794. The van der Waals surface area contributed by atoms with Gasteiger partial charge in [0.1, 0.15) is 0 Å². The third-order valence-electron chi connectivity index (χ3n) is 5.15. The first-order chi connectivity index (χ1) is 13.1. The Labute approximate surface area is 159 Å². The lowest BCUT2D eigenvalue weighted by Gasteiger charge is -2.28. The summed E-state index contributed by atoms with van der Waals surface area (Å²) in [5, 5.41) is 14.2. The monoisotopic (exact) mass is 367 g/mol. The Morgan fingerprint density at radius 3 is 2.22 bits per heavy atom. The van der Waals surface area contributed by atoms with Crippen molar-refractivity contribution >= 4 is 12.0 Å². The molecule has 2 aromatic rings. The molecule has 1 heterocycles. The van der Waals surface area contributed by atoms with Crippen LogP contribution >= 0.6 is 0 Å². The molecular formula is C21H25N3O3. The average molecular weight is 367 g/mol. The minimum atomic E-state index is -0.961. The van der Waals surface area contributed by atoms with Gasteiger partial charge >= 0.3 is 6.09 Å². The van der Waals surface area contributed by atoms with Gasteiger partial charge in [-0.3, -0.25) is 9.78 Å². The first-order valence-corrected chi connectivity index (χ1v) is 9.38. The molecule has 0 saturated heterocycles. The first kappa shape index (κ1) is 18.9. The number of hydrogen-bond donors (Lipinski definition) is 3. The molecule has 1 aromatic heterocycles. The van der Waals surface area contributed by atoms with Crippen LogP contribution in [0.25, 0.3) is 11.3 Å². The smallest absolute Gasteiger partial charge is 0.404 e. The zero-order valence-electron chi connectivity index (χ0n) is 15.2. The largest absolute Gasteiger partial charge is 0.465 e. The maximum absolute atomic E-state index is 12.5. The second-order valence-electron chi connectivity index (χ2n) is 7.08. The molecule has 6 nitrogen and oxygen atoms in total. The van der Waals surface area contributed by atoms with Crippen LogP contribution in [0.3, 0.4) is 0 Å². The summed E-state index contributed by atoms with van der Waals surface area (Å²) in [6.45, 7) is 1.18. The van der Waals surface area contributed by atoms with Crippen molar-refractivity contribution in [2.75, 3.05) is 13.1 Å². The molecule has 0 bridgehead atoms. The van der Waals surface area contributed by atoms with E-state index in [0.29, 0.717) is 30.5 Å². The van der Waals surface area contributed by atoms with E-state index in [4.69, 9.17) is 5.11 Å². The summed E-state index contributed by atoms with van der Waals surface area (Å²) in [7, 11) is 0. The van der Waals surface area contributed by atoms with E-state index in [-0.39, 0.29) is 5.91 Å². The number of hydrogen-bond acceptors (Lipinski definition) is 3. The van der Waals surface area contributed by atoms with Gasteiger partial charge in [-0.1, -0.05) is 30.3 Å². The predicted octanol–water partition coefficient (Wildman–Crippen LogP) is 3.55. The maximum atomic E-state index is 12.5. The summed E-state index contributed by atoms with van der Waals surface area (Å²) in [5.74, 6) is 0.774. The summed E-state index contributed by atoms with van der Waals surface area (Å²) in [4.78, 5) is 27.4. The van der Waals surface area contributed by atoms with Crippen molar-refractivity contribution < 1.29 is 14.7 Å². The molecule has 27 heavy (non-hydrogen) atoms. The lowest BCUT2D eigenvalue weighted by Crippen LogP contribution is -2.34. The number of carboxylic acid groups (broad SMARTS) is 1. The van der Waals surface area contributed by atoms with Gasteiger partial charge in [0.05, 0.1) is 5.69 Å². The van der Waals surface area contributed by atoms with Crippen molar-refractivity contribution in [1.82, 2.24) is 15.6 Å². The van der Waals surface area contributed by atoms with Gasteiger partial charge < -0.3 is 15.7 Å². The van der Waals surface area contributed by atoms with Crippen LogP contribution in [0.4, 0.5) is 4.79 Å². The van der Waals surface area contributed by atoms with Gasteiger partial charge in [-0.2, -0.15) is 0 Å². The SMILES string of the molecule is O=C(O)NC[C@H]1CC[C@H](CNC(=O)c2ccnc(-c3ccccc3)c2)CC1. The third kappa shape index (κ3) is 5.54. The molecular weight excluding hydrogens is 342 g/mol. The molecule has 142 valence electrons. The topological polar surface area (TPSA) is 91.3 Å². The van der Waals surface area contributed by atoms with Crippen LogP contribution in [0, 0.1) is 11.8 Å². The summed E-state index contributed by atoms with van der Waals surface area (Å²) in [6, 6.07) is 13.4. The van der Waals surface area contributed by atoms with Gasteiger partial charge in [-0.05, 0) is 49.7 Å². The lowest BCUT2D eigenvalue weighted by molar-refractivity contribution is 0.0940. The lowest BCUT2D eigenvalue weighted by atomic mass is 9.82. The van der Waals surface area contributed by atoms with Crippen LogP contribution in [0.5, 0.6) is 0 Å². The van der Waals surface area contributed by atoms with Crippen LogP contribution in [0.1, 0.15) is 36.0 Å². The van der Waals surface area contributed by atoms with Gasteiger partial charge in [0.15, 0.2) is 0 Å². The third-order valence-corrected chi connectivity index (χ3v) is 5.15. The number of pyridine rings is 1. The molecule has 1 aliphatic carbocycles. The Balaban J connectivity index is 1.48. The van der Waals surface area contributed by atoms with Crippen molar-refractivity contribution in [2.45, 2.75) is 25.7 Å². The molecule has 1 aromatic carbocycles. The Morgan fingerprint density at radius 2 is 1.59 bits per heavy atom. The van der Waals surface area contributed by atoms with Gasteiger partial charge in [0, 0.05) is 30.4 Å². The van der Waals surface area contributed by atoms with Crippen molar-refractivity contribution in [3.05, 3.63) is 54.2 Å². The summed E-state index contributed by atoms with van der Waals surface area (Å²) in [6.07, 6.45) is 4.72. The molecule has 3 N–H and O–H groups in total. The summed E-state index contributed by atoms with van der Waals surface area (Å²) < 4.78 is 0. The predicted molar refractivity (Wildman–Crippen MR) is 103 cm³/mol. The Hall–Kier alpha value is -2.89. The Morgan fingerprint density at radius 1 is 0.963 bits per heavy atom. The number of aromatic nitrogens is 1. The standard InChI is InChI=1S/C21H25N3O3/c25-20(18-10-11-22-19(12-18)17-4-2-1-3-5-17)23-13-15-6-8-16(9-7-15)14-24-21(26)27/h1-5,10-12,15-16,24H,6-9,13-14H2,(H,23,25)(H,26,27)/t15-,16-. The molecule has 0 radical (unpaired) electrons. The van der Waals surface area contributed by atoms with E-state index >= 15 is 0 Å². The van der Waals surface area contributed by atoms with E-state index in [9.17, 15) is 9.59 Å². The van der Waals surface area contributed by atoms with E-state index in [1.807, 2.05) is 36.4 Å². The van der Waals surface area contributed by atoms with Gasteiger partial charge in [-0.15, -0.1) is 0 Å². The maximum Gasteiger partial charge on any atom is 0.404 e. The number of carbonyl (C=O) groups is 2. The van der Waals surface area contributed by atoms with E-state index in [2.05, 4.69) is 15.6 Å². The summed E-state index contributed by atoms with van der Waals surface area (Å²) in [5.41, 5.74) is 2.39. The quantitative estimate of drug-likeness (QED) is 0.728. The zero-order valence-corrected chi connectivity index (χ0v) is 15.2. The van der Waals surface area contributed by atoms with Crippen LogP contribution in [-0.4, -0.2) is 35.2 Å². The van der Waals surface area contributed by atoms with Crippen LogP contribution < -0.4 is 10.6 Å². The van der Waals surface area contributed by atoms with Gasteiger partial charge in [-0.25, -0.2) is 4.79 Å². The van der Waals surface area contributed by atoms with E-state index in [1.165, 1.54) is 0 Å². The normalized spacial score (nSPS) is 19.3. The van der Waals surface area contributed by atoms with E-state index < -0.39 is 6.09 Å². The second-order valence-corrected chi connectivity index (χ2v) is 7.08. The number of rotatable bonds is 6. The summed E-state index contributed by atoms with van der Waals surface area (Å²) >= 11 is 0. The van der Waals surface area contributed by atoms with Gasteiger partial charge in [0.2, 0.25) is 0 Å². The molecule has 2 amide bonds. The van der Waals surface area contributed by atoms with Crippen molar-refractivity contribution in [2.24, 2.45) is 11.8 Å². The van der Waals surface area contributed by atoms with Crippen molar-refractivity contribution in [3.63, 3.8) is 0 Å². The highest BCUT2D eigenvalue weighted by molar-refractivity contribution is 5.95. The van der Waals surface area contributed by atoms with Gasteiger partial charge in [0.25, 0.3) is 5.91 Å². The number of benzene rings is 1. The number of nitrogens with one attached hydrogen (secondary N) is 2. The van der Waals surface area contributed by atoms with Crippen molar-refractivity contribution in [1.29, 1.82) is 0 Å². The molecule has 0 unspecified atom stereocenters. The average Bonchev–Trinajstić information content (AvgIpc) is 2.72. The number of amides is 2. The highest BCUT2D eigenvalue weighted by atomic mass is 16.4. The molecule has 1 saturated carbocycles. The fourth-order valence-corrected chi connectivity index (χ4v) is 3.55. The Bertz CT molecular complexity index is 771. The minimum Gasteiger partial charge on any atom is -0.465 e. The molecule has 6 heteroatoms. The van der Waals surface area contributed by atoms with Crippen LogP contribution in [0.15, 0.2) is 48.7 Å². The fraction of sp³-hybridized carbons (Fsp3) is 0.381. The number of carbonyl (C=O) groups excluding carboxylic acids is 1. The highest BCUT2D eigenvalue weighted by Gasteiger charge is 2.22.